The van der Waals surface area contributed by atoms with Crippen LogP contribution in [0.15, 0.2) is 78.9 Å². The first-order valence-electron chi connectivity index (χ1n) is 13.3. The molecular formula is C31H33F2N3O. The van der Waals surface area contributed by atoms with Gasteiger partial charge in [-0.05, 0) is 78.7 Å². The van der Waals surface area contributed by atoms with Crippen molar-refractivity contribution in [3.8, 4) is 0 Å². The third-order valence-electron chi connectivity index (χ3n) is 7.99. The molecule has 4 nitrogen and oxygen atoms in total. The van der Waals surface area contributed by atoms with Gasteiger partial charge in [-0.3, -0.25) is 9.80 Å². The number of halogens is 2. The fourth-order valence-corrected chi connectivity index (χ4v) is 6.08. The van der Waals surface area contributed by atoms with Gasteiger partial charge < -0.3 is 9.72 Å². The Morgan fingerprint density at radius 3 is 2.22 bits per heavy atom. The molecule has 4 aromatic rings. The van der Waals surface area contributed by atoms with Crippen LogP contribution in [0.25, 0.3) is 10.9 Å². The van der Waals surface area contributed by atoms with Gasteiger partial charge in [-0.25, -0.2) is 8.78 Å². The predicted molar refractivity (Wildman–Crippen MR) is 142 cm³/mol. The van der Waals surface area contributed by atoms with Crippen molar-refractivity contribution in [1.29, 1.82) is 0 Å². The fraction of sp³-hybridized carbons (Fsp3) is 0.355. The Bertz CT molecular complexity index is 1240. The van der Waals surface area contributed by atoms with E-state index in [0.717, 1.165) is 43.7 Å². The van der Waals surface area contributed by atoms with E-state index >= 15 is 0 Å². The van der Waals surface area contributed by atoms with Gasteiger partial charge in [0.25, 0.3) is 0 Å². The summed E-state index contributed by atoms with van der Waals surface area (Å²) in [6, 6.07) is 24.7. The molecule has 2 aliphatic heterocycles. The summed E-state index contributed by atoms with van der Waals surface area (Å²) in [5.41, 5.74) is 4.23. The Morgan fingerprint density at radius 2 is 1.51 bits per heavy atom. The minimum atomic E-state index is -0.358. The monoisotopic (exact) mass is 501 g/mol. The second kappa shape index (κ2) is 10.7. The average molecular weight is 502 g/mol. The molecule has 1 aromatic heterocycles. The van der Waals surface area contributed by atoms with Gasteiger partial charge in [0.2, 0.25) is 0 Å². The van der Waals surface area contributed by atoms with Gasteiger partial charge in [-0.2, -0.15) is 0 Å². The first kappa shape index (κ1) is 24.3. The highest BCUT2D eigenvalue weighted by Gasteiger charge is 2.37. The van der Waals surface area contributed by atoms with Crippen LogP contribution >= 0.6 is 0 Å². The summed E-state index contributed by atoms with van der Waals surface area (Å²) in [4.78, 5) is 8.83. The van der Waals surface area contributed by atoms with Gasteiger partial charge in [-0.1, -0.05) is 42.5 Å². The molecule has 6 rings (SSSR count). The molecule has 2 unspecified atom stereocenters. The topological polar surface area (TPSA) is 31.5 Å². The van der Waals surface area contributed by atoms with Crippen LogP contribution in [0, 0.1) is 11.6 Å². The molecule has 2 saturated heterocycles. The van der Waals surface area contributed by atoms with E-state index in [1.54, 1.807) is 24.3 Å². The van der Waals surface area contributed by atoms with Crippen LogP contribution in [0.1, 0.15) is 42.2 Å². The number of para-hydroxylation sites is 1. The molecule has 0 aliphatic carbocycles. The second-order valence-electron chi connectivity index (χ2n) is 10.4. The minimum Gasteiger partial charge on any atom is -0.367 e. The smallest absolute Gasteiger partial charge is 0.123 e. The number of nitrogens with one attached hydrogen (secondary N) is 1. The summed E-state index contributed by atoms with van der Waals surface area (Å²) in [6.45, 7) is 4.45. The first-order chi connectivity index (χ1) is 18.1. The lowest BCUT2D eigenvalue weighted by molar-refractivity contribution is 0.0573. The Labute approximate surface area is 216 Å². The van der Waals surface area contributed by atoms with Crippen molar-refractivity contribution in [3.63, 3.8) is 0 Å². The molecule has 3 heterocycles. The van der Waals surface area contributed by atoms with Gasteiger partial charge in [0.1, 0.15) is 17.7 Å². The van der Waals surface area contributed by atoms with Crippen LogP contribution < -0.4 is 0 Å². The molecule has 192 valence electrons. The fourth-order valence-electron chi connectivity index (χ4n) is 6.08. The number of likely N-dealkylation sites (tertiary alicyclic amines) is 1. The van der Waals surface area contributed by atoms with Crippen LogP contribution in [-0.2, 0) is 11.3 Å². The lowest BCUT2D eigenvalue weighted by atomic mass is 10.0. The summed E-state index contributed by atoms with van der Waals surface area (Å²) >= 11 is 0. The number of fused-ring (bicyclic) bond motifs is 3. The molecule has 6 heteroatoms. The number of hydrogen-bond donors (Lipinski definition) is 1. The maximum atomic E-state index is 13.5. The molecule has 0 saturated carbocycles. The van der Waals surface area contributed by atoms with Gasteiger partial charge in [0.05, 0.1) is 6.61 Å². The van der Waals surface area contributed by atoms with Gasteiger partial charge >= 0.3 is 0 Å². The highest BCUT2D eigenvalue weighted by Crippen LogP contribution is 2.32. The molecular weight excluding hydrogens is 468 g/mol. The average Bonchev–Trinajstić information content (AvgIpc) is 3.44. The first-order valence-corrected chi connectivity index (χ1v) is 13.3. The Hall–Kier alpha value is -3.06. The third kappa shape index (κ3) is 5.47. The van der Waals surface area contributed by atoms with Crippen molar-refractivity contribution in [2.45, 2.75) is 44.0 Å². The van der Waals surface area contributed by atoms with Crippen LogP contribution in [0.3, 0.4) is 0 Å². The molecule has 1 N–H and O–H groups in total. The standard InChI is InChI=1S/C31H33F2N3O/c32-25-9-5-22(6-10-25)31(23-7-11-26(33)12-8-23)37-18-17-35-16-15-28-13-14-29(21-35)36(28)20-27-19-24-3-1-2-4-30(24)34-27/h1-12,19,28-29,31,34H,13-18,20-21H2. The lowest BCUT2D eigenvalue weighted by Crippen LogP contribution is -2.39. The Morgan fingerprint density at radius 1 is 0.838 bits per heavy atom. The van der Waals surface area contributed by atoms with Crippen molar-refractivity contribution in [2.75, 3.05) is 26.2 Å². The summed E-state index contributed by atoms with van der Waals surface area (Å²) < 4.78 is 33.4. The molecule has 0 spiro atoms. The Kier molecular flexibility index (Phi) is 7.05. The second-order valence-corrected chi connectivity index (χ2v) is 10.4. The zero-order valence-corrected chi connectivity index (χ0v) is 21.0. The van der Waals surface area contributed by atoms with Crippen molar-refractivity contribution < 1.29 is 13.5 Å². The molecule has 2 fully saturated rings. The quantitative estimate of drug-likeness (QED) is 0.308. The van der Waals surface area contributed by atoms with Crippen molar-refractivity contribution in [3.05, 3.63) is 107 Å². The van der Waals surface area contributed by atoms with Crippen LogP contribution in [-0.4, -0.2) is 53.1 Å². The summed E-state index contributed by atoms with van der Waals surface area (Å²) in [5.74, 6) is -0.559. The van der Waals surface area contributed by atoms with Crippen LogP contribution in [0.2, 0.25) is 0 Å². The number of benzene rings is 3. The largest absolute Gasteiger partial charge is 0.367 e. The van der Waals surface area contributed by atoms with E-state index in [9.17, 15) is 8.78 Å². The van der Waals surface area contributed by atoms with E-state index in [2.05, 4.69) is 45.1 Å². The normalized spacial score (nSPS) is 20.6. The van der Waals surface area contributed by atoms with E-state index in [1.165, 1.54) is 53.7 Å². The van der Waals surface area contributed by atoms with Crippen molar-refractivity contribution in [2.24, 2.45) is 0 Å². The molecule has 0 radical (unpaired) electrons. The molecule has 2 atom stereocenters. The summed E-state index contributed by atoms with van der Waals surface area (Å²) in [7, 11) is 0. The molecule has 2 aliphatic rings. The van der Waals surface area contributed by atoms with E-state index in [0.29, 0.717) is 18.7 Å². The Balaban J connectivity index is 1.09. The number of rotatable bonds is 8. The molecule has 37 heavy (non-hydrogen) atoms. The summed E-state index contributed by atoms with van der Waals surface area (Å²) in [5, 5.41) is 1.27. The maximum absolute atomic E-state index is 13.5. The number of H-pyrrole nitrogens is 1. The summed E-state index contributed by atoms with van der Waals surface area (Å²) in [6.07, 6.45) is 3.31. The van der Waals surface area contributed by atoms with E-state index < -0.39 is 0 Å². The highest BCUT2D eigenvalue weighted by atomic mass is 19.1. The van der Waals surface area contributed by atoms with Crippen molar-refractivity contribution in [1.82, 2.24) is 14.8 Å². The van der Waals surface area contributed by atoms with Crippen molar-refractivity contribution >= 4 is 10.9 Å². The SMILES string of the molecule is Fc1ccc(C(OCCN2CCC3CCC(C2)N3Cc2cc3ccccc3[nH]2)c2ccc(F)cc2)cc1. The van der Waals surface area contributed by atoms with Gasteiger partial charge in [0.15, 0.2) is 0 Å². The van der Waals surface area contributed by atoms with E-state index in [4.69, 9.17) is 4.74 Å². The number of aromatic amines is 1. The number of nitrogens with zero attached hydrogens (tertiary/aromatic N) is 2. The van der Waals surface area contributed by atoms with Gasteiger partial charge in [-0.15, -0.1) is 0 Å². The lowest BCUT2D eigenvalue weighted by Gasteiger charge is -2.29. The highest BCUT2D eigenvalue weighted by molar-refractivity contribution is 5.80. The zero-order chi connectivity index (χ0) is 25.2. The predicted octanol–water partition coefficient (Wildman–Crippen LogP) is 6.29. The van der Waals surface area contributed by atoms with E-state index in [1.807, 2.05) is 0 Å². The number of ether oxygens (including phenoxy) is 1. The van der Waals surface area contributed by atoms with Crippen LogP contribution in [0.5, 0.6) is 0 Å². The molecule has 0 amide bonds. The number of aromatic nitrogens is 1. The van der Waals surface area contributed by atoms with Gasteiger partial charge in [0, 0.05) is 42.9 Å². The van der Waals surface area contributed by atoms with E-state index in [-0.39, 0.29) is 17.7 Å². The maximum Gasteiger partial charge on any atom is 0.123 e. The minimum absolute atomic E-state index is 0.279. The van der Waals surface area contributed by atoms with Crippen LogP contribution in [0.4, 0.5) is 8.78 Å². The molecule has 3 aromatic carbocycles. The third-order valence-corrected chi connectivity index (χ3v) is 7.99. The molecule has 2 bridgehead atoms. The zero-order valence-electron chi connectivity index (χ0n) is 21.0. The number of hydrogen-bond acceptors (Lipinski definition) is 3.